The molecule has 16 heavy (non-hydrogen) atoms. The van der Waals surface area contributed by atoms with Gasteiger partial charge in [-0.05, 0) is 24.2 Å². The summed E-state index contributed by atoms with van der Waals surface area (Å²) in [7, 11) is 1.36. The molecule has 0 rings (SSSR count). The van der Waals surface area contributed by atoms with Crippen LogP contribution in [0.15, 0.2) is 0 Å². The van der Waals surface area contributed by atoms with Crippen LogP contribution in [0.5, 0.6) is 0 Å². The number of rotatable bonds is 3. The molecule has 0 N–H and O–H groups in total. The number of hydrogen-bond acceptors (Lipinski definition) is 3. The topological polar surface area (TPSA) is 35.5 Å². The lowest BCUT2D eigenvalue weighted by molar-refractivity contribution is -0.270. The highest BCUT2D eigenvalue weighted by molar-refractivity contribution is 5.76. The van der Waals surface area contributed by atoms with Crippen molar-refractivity contribution in [2.45, 2.75) is 54.9 Å². The highest BCUT2D eigenvalue weighted by Gasteiger charge is 2.48. The molecule has 0 bridgehead atoms. The Morgan fingerprint density at radius 1 is 1.00 bits per heavy atom. The second-order valence-electron chi connectivity index (χ2n) is 6.86. The Bertz CT molecular complexity index is 245. The Labute approximate surface area is 99.4 Å². The van der Waals surface area contributed by atoms with Gasteiger partial charge >= 0.3 is 5.97 Å². The third-order valence-electron chi connectivity index (χ3n) is 3.15. The minimum Gasteiger partial charge on any atom is -0.298 e. The number of hydrogen-bond donors (Lipinski definition) is 0. The second kappa shape index (κ2) is 4.74. The lowest BCUT2D eigenvalue weighted by atomic mass is 9.61. The first kappa shape index (κ1) is 15.4. The van der Waals surface area contributed by atoms with Crippen LogP contribution in [0.1, 0.15) is 54.9 Å². The van der Waals surface area contributed by atoms with Gasteiger partial charge in [-0.3, -0.25) is 4.89 Å². The van der Waals surface area contributed by atoms with Crippen LogP contribution >= 0.6 is 0 Å². The van der Waals surface area contributed by atoms with Crippen molar-refractivity contribution in [1.82, 2.24) is 0 Å². The summed E-state index contributed by atoms with van der Waals surface area (Å²) in [6.45, 7) is 14.5. The van der Waals surface area contributed by atoms with Crippen LogP contribution in [0.25, 0.3) is 0 Å². The molecule has 0 saturated heterocycles. The molecule has 0 heterocycles. The highest BCUT2D eigenvalue weighted by Crippen LogP contribution is 2.47. The monoisotopic (exact) mass is 230 g/mol. The summed E-state index contributed by atoms with van der Waals surface area (Å²) in [4.78, 5) is 21.3. The van der Waals surface area contributed by atoms with Gasteiger partial charge in [0.2, 0.25) is 0 Å². The van der Waals surface area contributed by atoms with Crippen LogP contribution in [0.4, 0.5) is 0 Å². The van der Waals surface area contributed by atoms with Gasteiger partial charge < -0.3 is 0 Å². The van der Waals surface area contributed by atoms with E-state index in [1.807, 2.05) is 6.92 Å². The fourth-order valence-corrected chi connectivity index (χ4v) is 1.87. The zero-order valence-corrected chi connectivity index (χ0v) is 11.9. The Morgan fingerprint density at radius 2 is 1.44 bits per heavy atom. The van der Waals surface area contributed by atoms with Crippen molar-refractivity contribution in [3.05, 3.63) is 0 Å². The number of carbonyl (C=O) groups is 1. The van der Waals surface area contributed by atoms with Crippen molar-refractivity contribution in [3.63, 3.8) is 0 Å². The predicted octanol–water partition coefficient (Wildman–Crippen LogP) is 3.58. The van der Waals surface area contributed by atoms with E-state index in [4.69, 9.17) is 4.89 Å². The van der Waals surface area contributed by atoms with E-state index in [2.05, 4.69) is 46.4 Å². The largest absolute Gasteiger partial charge is 0.348 e. The average Bonchev–Trinajstić information content (AvgIpc) is 1.99. The molecule has 0 aromatic heterocycles. The molecule has 0 aromatic rings. The maximum absolute atomic E-state index is 12.0. The predicted molar refractivity (Wildman–Crippen MR) is 64.7 cm³/mol. The van der Waals surface area contributed by atoms with Crippen molar-refractivity contribution in [2.75, 3.05) is 7.11 Å². The van der Waals surface area contributed by atoms with Crippen LogP contribution in [-0.2, 0) is 14.6 Å². The van der Waals surface area contributed by atoms with E-state index in [1.165, 1.54) is 7.11 Å². The highest BCUT2D eigenvalue weighted by atomic mass is 17.2. The van der Waals surface area contributed by atoms with Crippen molar-refractivity contribution in [2.24, 2.45) is 16.2 Å². The van der Waals surface area contributed by atoms with E-state index in [1.54, 1.807) is 0 Å². The molecule has 0 aliphatic rings. The van der Waals surface area contributed by atoms with Gasteiger partial charge in [0.15, 0.2) is 0 Å². The third-order valence-corrected chi connectivity index (χ3v) is 3.15. The van der Waals surface area contributed by atoms with E-state index >= 15 is 0 Å². The molecule has 1 unspecified atom stereocenters. The van der Waals surface area contributed by atoms with E-state index < -0.39 is 5.41 Å². The van der Waals surface area contributed by atoms with Gasteiger partial charge in [-0.15, -0.1) is 0 Å². The normalized spacial score (nSPS) is 16.8. The van der Waals surface area contributed by atoms with Crippen molar-refractivity contribution in [3.8, 4) is 0 Å². The lowest BCUT2D eigenvalue weighted by Gasteiger charge is -2.42. The summed E-state index contributed by atoms with van der Waals surface area (Å²) in [5, 5.41) is 0. The summed E-state index contributed by atoms with van der Waals surface area (Å²) in [6, 6.07) is 0. The second-order valence-corrected chi connectivity index (χ2v) is 6.86. The molecule has 0 aromatic carbocycles. The zero-order chi connectivity index (χ0) is 13.2. The molecular weight excluding hydrogens is 204 g/mol. The molecule has 0 radical (unpaired) electrons. The molecule has 0 spiro atoms. The summed E-state index contributed by atoms with van der Waals surface area (Å²) in [5.41, 5.74) is -0.661. The van der Waals surface area contributed by atoms with Gasteiger partial charge in [0.1, 0.15) is 0 Å². The van der Waals surface area contributed by atoms with Gasteiger partial charge in [-0.25, -0.2) is 4.79 Å². The molecule has 0 aliphatic heterocycles. The maximum atomic E-state index is 12.0. The van der Waals surface area contributed by atoms with Crippen LogP contribution in [0.3, 0.4) is 0 Å². The van der Waals surface area contributed by atoms with E-state index in [9.17, 15) is 4.79 Å². The van der Waals surface area contributed by atoms with Crippen molar-refractivity contribution >= 4 is 5.97 Å². The summed E-state index contributed by atoms with van der Waals surface area (Å²) in [5.74, 6) is -0.294. The number of carbonyl (C=O) groups excluding carboxylic acids is 1. The molecule has 96 valence electrons. The summed E-state index contributed by atoms with van der Waals surface area (Å²) in [6.07, 6.45) is 0.756. The van der Waals surface area contributed by atoms with Crippen LogP contribution < -0.4 is 0 Å². The van der Waals surface area contributed by atoms with Crippen LogP contribution in [-0.4, -0.2) is 13.1 Å². The Hall–Kier alpha value is -0.570. The van der Waals surface area contributed by atoms with Crippen LogP contribution in [0.2, 0.25) is 0 Å². The standard InChI is InChI=1S/C13H26O3/c1-11(2,3)9-13(7,12(4,5)6)10(14)16-15-8/h9H2,1-8H3. The fraction of sp³-hybridized carbons (Fsp3) is 0.923. The van der Waals surface area contributed by atoms with E-state index in [0.29, 0.717) is 0 Å². The first-order valence-electron chi connectivity index (χ1n) is 5.69. The van der Waals surface area contributed by atoms with Crippen molar-refractivity contribution < 1.29 is 14.6 Å². The van der Waals surface area contributed by atoms with Gasteiger partial charge in [-0.2, -0.15) is 4.89 Å². The molecule has 0 aliphatic carbocycles. The fourth-order valence-electron chi connectivity index (χ4n) is 1.87. The Morgan fingerprint density at radius 3 is 1.69 bits per heavy atom. The Kier molecular flexibility index (Phi) is 4.57. The molecular formula is C13H26O3. The van der Waals surface area contributed by atoms with Gasteiger partial charge in [0.05, 0.1) is 12.5 Å². The smallest absolute Gasteiger partial charge is 0.298 e. The lowest BCUT2D eigenvalue weighted by Crippen LogP contribution is -2.44. The average molecular weight is 230 g/mol. The maximum Gasteiger partial charge on any atom is 0.348 e. The first-order valence-corrected chi connectivity index (χ1v) is 5.69. The van der Waals surface area contributed by atoms with Gasteiger partial charge in [-0.1, -0.05) is 41.5 Å². The third kappa shape index (κ3) is 3.78. The minimum absolute atomic E-state index is 0.0643. The first-order chi connectivity index (χ1) is 6.94. The van der Waals surface area contributed by atoms with E-state index in [-0.39, 0.29) is 16.8 Å². The molecule has 0 saturated carbocycles. The van der Waals surface area contributed by atoms with E-state index in [0.717, 1.165) is 6.42 Å². The van der Waals surface area contributed by atoms with Crippen molar-refractivity contribution in [1.29, 1.82) is 0 Å². The quantitative estimate of drug-likeness (QED) is 0.549. The van der Waals surface area contributed by atoms with Crippen LogP contribution in [0, 0.1) is 16.2 Å². The van der Waals surface area contributed by atoms with Gasteiger partial charge in [0, 0.05) is 0 Å². The molecule has 3 heteroatoms. The zero-order valence-electron chi connectivity index (χ0n) is 11.9. The molecule has 0 amide bonds. The molecule has 0 fully saturated rings. The summed E-state index contributed by atoms with van der Waals surface area (Å²) < 4.78 is 0. The summed E-state index contributed by atoms with van der Waals surface area (Å²) >= 11 is 0. The molecule has 1 atom stereocenters. The SMILES string of the molecule is COOC(=O)C(C)(CC(C)(C)C)C(C)(C)C. The Balaban J connectivity index is 5.13. The van der Waals surface area contributed by atoms with Gasteiger partial charge in [0.25, 0.3) is 0 Å². The molecule has 3 nitrogen and oxygen atoms in total. The minimum atomic E-state index is -0.554.